The number of aryl methyl sites for hydroxylation is 1. The number of rotatable bonds is 9. The zero-order valence-corrected chi connectivity index (χ0v) is 15.0. The van der Waals surface area contributed by atoms with Crippen LogP contribution in [0.15, 0.2) is 34.5 Å². The topological polar surface area (TPSA) is 97.4 Å². The molecule has 1 N–H and O–H groups in total. The van der Waals surface area contributed by atoms with Crippen LogP contribution in [0.4, 0.5) is 4.39 Å². The minimum atomic E-state index is -0.684. The Morgan fingerprint density at radius 3 is 2.85 bits per heavy atom. The van der Waals surface area contributed by atoms with E-state index in [-0.39, 0.29) is 18.1 Å². The van der Waals surface area contributed by atoms with Gasteiger partial charge in [-0.1, -0.05) is 12.1 Å². The normalized spacial score (nSPS) is 15.1. The van der Waals surface area contributed by atoms with Crippen LogP contribution in [-0.2, 0) is 11.2 Å². The molecule has 2 aromatic rings. The summed E-state index contributed by atoms with van der Waals surface area (Å²) in [5.41, 5.74) is 0.227. The second kappa shape index (κ2) is 8.03. The largest absolute Gasteiger partial charge is 0.354 e. The summed E-state index contributed by atoms with van der Waals surface area (Å²) in [5, 5.41) is 22.3. The van der Waals surface area contributed by atoms with E-state index in [2.05, 4.69) is 37.0 Å². The molecule has 0 spiro atoms. The quantitative estimate of drug-likeness (QED) is 0.684. The van der Waals surface area contributed by atoms with E-state index in [1.165, 1.54) is 16.8 Å². The number of nitrogens with one attached hydrogen (secondary N) is 1. The van der Waals surface area contributed by atoms with Crippen molar-refractivity contribution < 1.29 is 9.18 Å². The Bertz CT molecular complexity index is 880. The van der Waals surface area contributed by atoms with Gasteiger partial charge in [0, 0.05) is 32.2 Å². The first-order valence-electron chi connectivity index (χ1n) is 8.67. The maximum atomic E-state index is 13.5. The van der Waals surface area contributed by atoms with Gasteiger partial charge < -0.3 is 5.32 Å². The molecule has 8 nitrogen and oxygen atoms in total. The van der Waals surface area contributed by atoms with E-state index in [1.807, 2.05) is 0 Å². The van der Waals surface area contributed by atoms with Crippen molar-refractivity contribution in [3.8, 4) is 12.3 Å². The zero-order chi connectivity index (χ0) is 19.3. The van der Waals surface area contributed by atoms with Crippen LogP contribution in [0.25, 0.3) is 0 Å². The van der Waals surface area contributed by atoms with Gasteiger partial charge in [-0.05, 0) is 35.0 Å². The summed E-state index contributed by atoms with van der Waals surface area (Å²) in [6.45, 7) is 2.11. The number of benzene rings is 1. The van der Waals surface area contributed by atoms with Crippen molar-refractivity contribution in [2.75, 3.05) is 6.54 Å². The highest BCUT2D eigenvalue weighted by Crippen LogP contribution is 2.36. The smallest absolute Gasteiger partial charge is 0.245 e. The molecule has 140 valence electrons. The number of hydrogen-bond donors (Lipinski definition) is 1. The minimum Gasteiger partial charge on any atom is -0.354 e. The number of carbonyl (C=O) groups excluding carboxylic acids is 1. The highest BCUT2D eigenvalue weighted by molar-refractivity contribution is 5.80. The molecule has 1 unspecified atom stereocenters. The maximum Gasteiger partial charge on any atom is 0.245 e. The molecule has 2 heterocycles. The summed E-state index contributed by atoms with van der Waals surface area (Å²) in [6.07, 6.45) is 7.41. The van der Waals surface area contributed by atoms with E-state index < -0.39 is 11.7 Å². The van der Waals surface area contributed by atoms with Gasteiger partial charge in [-0.15, -0.1) is 17.4 Å². The summed E-state index contributed by atoms with van der Waals surface area (Å²) in [7, 11) is 0. The van der Waals surface area contributed by atoms with Gasteiger partial charge in [0.2, 0.25) is 5.91 Å². The first-order valence-corrected chi connectivity index (χ1v) is 8.67. The summed E-state index contributed by atoms with van der Waals surface area (Å²) < 4.78 is 14.9. The lowest BCUT2D eigenvalue weighted by Gasteiger charge is -2.18. The van der Waals surface area contributed by atoms with Crippen molar-refractivity contribution in [1.29, 1.82) is 0 Å². The predicted octanol–water partition coefficient (Wildman–Crippen LogP) is 1.99. The van der Waals surface area contributed by atoms with E-state index in [4.69, 9.17) is 6.42 Å². The molecule has 1 amide bonds. The third kappa shape index (κ3) is 4.73. The standard InChI is InChI=1S/C18H20FN7O/c1-3-4-8-18(22-23-18)9-10-20-17(27)16(26-13(2)21-24-25-26)12-14-6-5-7-15(19)11-14/h1,5-7,11,16H,4,8-10,12H2,2H3,(H,20,27). The lowest BCUT2D eigenvalue weighted by atomic mass is 10.0. The third-order valence-electron chi connectivity index (χ3n) is 4.45. The Hall–Kier alpha value is -3.15. The lowest BCUT2D eigenvalue weighted by Crippen LogP contribution is -2.36. The Kier molecular flexibility index (Phi) is 5.54. The summed E-state index contributed by atoms with van der Waals surface area (Å²) >= 11 is 0. The summed E-state index contributed by atoms with van der Waals surface area (Å²) in [5.74, 6) is 2.48. The second-order valence-corrected chi connectivity index (χ2v) is 6.45. The highest BCUT2D eigenvalue weighted by Gasteiger charge is 2.38. The van der Waals surface area contributed by atoms with Gasteiger partial charge in [0.05, 0.1) is 0 Å². The molecule has 0 radical (unpaired) electrons. The molecule has 0 fully saturated rings. The summed E-state index contributed by atoms with van der Waals surface area (Å²) in [4.78, 5) is 12.8. The number of halogens is 1. The summed E-state index contributed by atoms with van der Waals surface area (Å²) in [6, 6.07) is 5.45. The van der Waals surface area contributed by atoms with Crippen LogP contribution in [0.5, 0.6) is 0 Å². The van der Waals surface area contributed by atoms with Gasteiger partial charge in [0.15, 0.2) is 5.66 Å². The fraction of sp³-hybridized carbons (Fsp3) is 0.444. The van der Waals surface area contributed by atoms with E-state index >= 15 is 0 Å². The lowest BCUT2D eigenvalue weighted by molar-refractivity contribution is -0.124. The van der Waals surface area contributed by atoms with E-state index in [1.54, 1.807) is 19.1 Å². The maximum absolute atomic E-state index is 13.5. The van der Waals surface area contributed by atoms with Crippen molar-refractivity contribution in [1.82, 2.24) is 25.5 Å². The SMILES string of the molecule is C#CCCC1(CCNC(=O)C(Cc2cccc(F)c2)n2nnnc2C)N=N1. The van der Waals surface area contributed by atoms with Crippen molar-refractivity contribution in [3.63, 3.8) is 0 Å². The molecule has 0 bridgehead atoms. The average Bonchev–Trinajstić information content (AvgIpc) is 3.29. The Labute approximate surface area is 156 Å². The van der Waals surface area contributed by atoms with E-state index in [0.717, 1.165) is 0 Å². The Morgan fingerprint density at radius 2 is 2.22 bits per heavy atom. The highest BCUT2D eigenvalue weighted by atomic mass is 19.1. The van der Waals surface area contributed by atoms with Crippen molar-refractivity contribution in [2.24, 2.45) is 10.2 Å². The number of tetrazole rings is 1. The van der Waals surface area contributed by atoms with Gasteiger partial charge in [-0.2, -0.15) is 10.2 Å². The van der Waals surface area contributed by atoms with Gasteiger partial charge in [0.25, 0.3) is 0 Å². The van der Waals surface area contributed by atoms with Crippen molar-refractivity contribution >= 4 is 5.91 Å². The van der Waals surface area contributed by atoms with Gasteiger partial charge in [-0.3, -0.25) is 4.79 Å². The van der Waals surface area contributed by atoms with E-state index in [0.29, 0.717) is 37.2 Å². The molecule has 0 aliphatic carbocycles. The van der Waals surface area contributed by atoms with Gasteiger partial charge >= 0.3 is 0 Å². The van der Waals surface area contributed by atoms with Crippen LogP contribution < -0.4 is 5.32 Å². The fourth-order valence-electron chi connectivity index (χ4n) is 2.88. The molecule has 1 aromatic heterocycles. The average molecular weight is 369 g/mol. The first kappa shape index (κ1) is 18.6. The van der Waals surface area contributed by atoms with E-state index in [9.17, 15) is 9.18 Å². The number of terminal acetylenes is 1. The first-order chi connectivity index (χ1) is 13.0. The van der Waals surface area contributed by atoms with Crippen LogP contribution in [0, 0.1) is 25.1 Å². The second-order valence-electron chi connectivity index (χ2n) is 6.45. The molecule has 27 heavy (non-hydrogen) atoms. The Balaban J connectivity index is 1.65. The van der Waals surface area contributed by atoms with Crippen LogP contribution in [0.3, 0.4) is 0 Å². The van der Waals surface area contributed by atoms with Crippen LogP contribution in [0.1, 0.15) is 36.7 Å². The molecule has 1 aliphatic heterocycles. The third-order valence-corrected chi connectivity index (χ3v) is 4.45. The van der Waals surface area contributed by atoms with Gasteiger partial charge in [-0.25, -0.2) is 9.07 Å². The molecular weight excluding hydrogens is 349 g/mol. The molecule has 0 saturated carbocycles. The van der Waals surface area contributed by atoms with Crippen LogP contribution in [0.2, 0.25) is 0 Å². The monoisotopic (exact) mass is 369 g/mol. The van der Waals surface area contributed by atoms with Crippen molar-refractivity contribution in [3.05, 3.63) is 41.5 Å². The Morgan fingerprint density at radius 1 is 1.41 bits per heavy atom. The molecular formula is C18H20FN7O. The van der Waals surface area contributed by atoms with Gasteiger partial charge in [0.1, 0.15) is 17.7 Å². The molecule has 1 aliphatic rings. The molecule has 0 saturated heterocycles. The van der Waals surface area contributed by atoms with Crippen LogP contribution >= 0.6 is 0 Å². The predicted molar refractivity (Wildman–Crippen MR) is 95.0 cm³/mol. The number of carbonyl (C=O) groups is 1. The molecule has 1 aromatic carbocycles. The van der Waals surface area contributed by atoms with Crippen molar-refractivity contribution in [2.45, 2.75) is 44.3 Å². The number of amides is 1. The minimum absolute atomic E-state index is 0.248. The number of aromatic nitrogens is 4. The zero-order valence-electron chi connectivity index (χ0n) is 15.0. The fourth-order valence-corrected chi connectivity index (χ4v) is 2.88. The van der Waals surface area contributed by atoms with Crippen LogP contribution in [-0.4, -0.2) is 38.3 Å². The number of nitrogens with zero attached hydrogens (tertiary/aromatic N) is 6. The number of hydrogen-bond acceptors (Lipinski definition) is 6. The molecule has 1 atom stereocenters. The molecule has 9 heteroatoms. The molecule has 3 rings (SSSR count).